The zero-order chi connectivity index (χ0) is 11.4. The van der Waals surface area contributed by atoms with Crippen molar-refractivity contribution in [2.45, 2.75) is 26.7 Å². The van der Waals surface area contributed by atoms with Gasteiger partial charge in [0.25, 0.3) is 0 Å². The second kappa shape index (κ2) is 4.98. The fraction of sp³-hybridized carbons (Fsp3) is 0.250. The Morgan fingerprint density at radius 3 is 1.75 bits per heavy atom. The Morgan fingerprint density at radius 1 is 0.750 bits per heavy atom. The first-order valence-electron chi connectivity index (χ1n) is 5.95. The number of benzene rings is 2. The third kappa shape index (κ3) is 2.52. The summed E-state index contributed by atoms with van der Waals surface area (Å²) in [6, 6.07) is 17.6. The molecular formula is C16H18. The van der Waals surface area contributed by atoms with E-state index in [2.05, 4.69) is 62.4 Å². The van der Waals surface area contributed by atoms with Crippen molar-refractivity contribution >= 4 is 0 Å². The summed E-state index contributed by atoms with van der Waals surface area (Å²) >= 11 is 0. The molecule has 0 heteroatoms. The molecule has 0 aliphatic carbocycles. The van der Waals surface area contributed by atoms with E-state index < -0.39 is 0 Å². The Hall–Kier alpha value is -1.56. The zero-order valence-electron chi connectivity index (χ0n) is 10.0. The summed E-state index contributed by atoms with van der Waals surface area (Å²) in [5.74, 6) is 0. The highest BCUT2D eigenvalue weighted by Gasteiger charge is 1.97. The maximum atomic E-state index is 2.23. The highest BCUT2D eigenvalue weighted by atomic mass is 14.0. The maximum Gasteiger partial charge on any atom is -0.0184 e. The van der Waals surface area contributed by atoms with Crippen LogP contribution < -0.4 is 0 Å². The molecule has 0 bridgehead atoms. The average molecular weight is 210 g/mol. The van der Waals surface area contributed by atoms with E-state index in [9.17, 15) is 0 Å². The molecule has 0 unspecified atom stereocenters. The highest BCUT2D eigenvalue weighted by Crippen LogP contribution is 2.20. The SMILES string of the molecule is CCCc1ccc(-c2ccc(C)cc2)cc1. The van der Waals surface area contributed by atoms with Crippen molar-refractivity contribution in [1.82, 2.24) is 0 Å². The van der Waals surface area contributed by atoms with Gasteiger partial charge in [-0.15, -0.1) is 0 Å². The van der Waals surface area contributed by atoms with Gasteiger partial charge in [0.1, 0.15) is 0 Å². The Bertz CT molecular complexity index is 434. The van der Waals surface area contributed by atoms with Crippen LogP contribution in [0.1, 0.15) is 24.5 Å². The molecule has 0 atom stereocenters. The first kappa shape index (κ1) is 10.9. The van der Waals surface area contributed by atoms with Gasteiger partial charge in [-0.05, 0) is 30.0 Å². The molecule has 0 fully saturated rings. The van der Waals surface area contributed by atoms with E-state index in [4.69, 9.17) is 0 Å². The average Bonchev–Trinajstić information content (AvgIpc) is 2.32. The minimum absolute atomic E-state index is 1.17. The Labute approximate surface area is 97.9 Å². The fourth-order valence-corrected chi connectivity index (χ4v) is 1.90. The van der Waals surface area contributed by atoms with E-state index in [1.807, 2.05) is 0 Å². The van der Waals surface area contributed by atoms with Gasteiger partial charge in [0.2, 0.25) is 0 Å². The van der Waals surface area contributed by atoms with E-state index in [1.165, 1.54) is 35.1 Å². The molecule has 0 nitrogen and oxygen atoms in total. The lowest BCUT2D eigenvalue weighted by Gasteiger charge is -2.04. The van der Waals surface area contributed by atoms with Crippen molar-refractivity contribution < 1.29 is 0 Å². The lowest BCUT2D eigenvalue weighted by Crippen LogP contribution is -1.83. The standard InChI is InChI=1S/C16H18/c1-3-4-14-7-11-16(12-8-14)15-9-5-13(2)6-10-15/h5-12H,3-4H2,1-2H3. The largest absolute Gasteiger partial charge is 0.0651 e. The molecule has 2 aromatic rings. The van der Waals surface area contributed by atoms with Crippen molar-refractivity contribution in [3.05, 3.63) is 59.7 Å². The molecule has 0 spiro atoms. The summed E-state index contributed by atoms with van der Waals surface area (Å²) in [6.07, 6.45) is 2.39. The number of rotatable bonds is 3. The normalized spacial score (nSPS) is 10.4. The summed E-state index contributed by atoms with van der Waals surface area (Å²) in [5, 5.41) is 0. The van der Waals surface area contributed by atoms with Crippen LogP contribution >= 0.6 is 0 Å². The van der Waals surface area contributed by atoms with Crippen LogP contribution in [0.25, 0.3) is 11.1 Å². The smallest absolute Gasteiger partial charge is 0.0184 e. The third-order valence-corrected chi connectivity index (χ3v) is 2.88. The topological polar surface area (TPSA) is 0 Å². The summed E-state index contributed by atoms with van der Waals surface area (Å²) < 4.78 is 0. The molecule has 0 aromatic heterocycles. The van der Waals surface area contributed by atoms with Gasteiger partial charge in [-0.2, -0.15) is 0 Å². The van der Waals surface area contributed by atoms with Gasteiger partial charge >= 0.3 is 0 Å². The van der Waals surface area contributed by atoms with Crippen molar-refractivity contribution in [2.75, 3.05) is 0 Å². The monoisotopic (exact) mass is 210 g/mol. The number of aryl methyl sites for hydroxylation is 2. The first-order valence-corrected chi connectivity index (χ1v) is 5.95. The van der Waals surface area contributed by atoms with Gasteiger partial charge in [0.05, 0.1) is 0 Å². The zero-order valence-corrected chi connectivity index (χ0v) is 10.0. The molecule has 0 aliphatic heterocycles. The number of hydrogen-bond donors (Lipinski definition) is 0. The molecular weight excluding hydrogens is 192 g/mol. The molecule has 2 aromatic carbocycles. The molecule has 2 rings (SSSR count). The van der Waals surface area contributed by atoms with E-state index in [-0.39, 0.29) is 0 Å². The predicted molar refractivity (Wildman–Crippen MR) is 70.6 cm³/mol. The lowest BCUT2D eigenvalue weighted by molar-refractivity contribution is 0.922. The fourth-order valence-electron chi connectivity index (χ4n) is 1.90. The van der Waals surface area contributed by atoms with E-state index >= 15 is 0 Å². The van der Waals surface area contributed by atoms with E-state index in [0.29, 0.717) is 0 Å². The molecule has 0 aliphatic rings. The minimum Gasteiger partial charge on any atom is -0.0651 e. The second-order valence-electron chi connectivity index (χ2n) is 4.31. The molecule has 0 saturated carbocycles. The number of hydrogen-bond acceptors (Lipinski definition) is 0. The van der Waals surface area contributed by atoms with Crippen LogP contribution in [0, 0.1) is 6.92 Å². The molecule has 0 N–H and O–H groups in total. The molecule has 0 saturated heterocycles. The van der Waals surface area contributed by atoms with Gasteiger partial charge in [0, 0.05) is 0 Å². The lowest BCUT2D eigenvalue weighted by atomic mass is 10.0. The van der Waals surface area contributed by atoms with Crippen LogP contribution in [-0.2, 0) is 6.42 Å². The van der Waals surface area contributed by atoms with E-state index in [1.54, 1.807) is 0 Å². The molecule has 0 radical (unpaired) electrons. The Balaban J connectivity index is 2.24. The molecule has 0 heterocycles. The quantitative estimate of drug-likeness (QED) is 0.693. The van der Waals surface area contributed by atoms with Gasteiger partial charge in [-0.25, -0.2) is 0 Å². The van der Waals surface area contributed by atoms with Crippen molar-refractivity contribution in [2.24, 2.45) is 0 Å². The van der Waals surface area contributed by atoms with Gasteiger partial charge in [-0.1, -0.05) is 67.4 Å². The van der Waals surface area contributed by atoms with Gasteiger partial charge < -0.3 is 0 Å². The van der Waals surface area contributed by atoms with Crippen LogP contribution in [0.3, 0.4) is 0 Å². The predicted octanol–water partition coefficient (Wildman–Crippen LogP) is 4.61. The highest BCUT2D eigenvalue weighted by molar-refractivity contribution is 5.63. The summed E-state index contributed by atoms with van der Waals surface area (Å²) in [7, 11) is 0. The first-order chi connectivity index (χ1) is 7.79. The minimum atomic E-state index is 1.17. The van der Waals surface area contributed by atoms with E-state index in [0.717, 1.165) is 0 Å². The molecule has 82 valence electrons. The third-order valence-electron chi connectivity index (χ3n) is 2.88. The van der Waals surface area contributed by atoms with Gasteiger partial charge in [-0.3, -0.25) is 0 Å². The van der Waals surface area contributed by atoms with Crippen molar-refractivity contribution in [1.29, 1.82) is 0 Å². The van der Waals surface area contributed by atoms with Gasteiger partial charge in [0.15, 0.2) is 0 Å². The maximum absolute atomic E-state index is 2.23. The molecule has 0 amide bonds. The van der Waals surface area contributed by atoms with Crippen LogP contribution in [0.15, 0.2) is 48.5 Å². The van der Waals surface area contributed by atoms with Crippen LogP contribution in [0.2, 0.25) is 0 Å². The summed E-state index contributed by atoms with van der Waals surface area (Å²) in [6.45, 7) is 4.34. The Kier molecular flexibility index (Phi) is 3.40. The Morgan fingerprint density at radius 2 is 1.25 bits per heavy atom. The second-order valence-corrected chi connectivity index (χ2v) is 4.31. The summed E-state index contributed by atoms with van der Waals surface area (Å²) in [5.41, 5.74) is 5.35. The van der Waals surface area contributed by atoms with Crippen LogP contribution in [0.4, 0.5) is 0 Å². The summed E-state index contributed by atoms with van der Waals surface area (Å²) in [4.78, 5) is 0. The van der Waals surface area contributed by atoms with Crippen LogP contribution in [0.5, 0.6) is 0 Å². The molecule has 16 heavy (non-hydrogen) atoms. The van der Waals surface area contributed by atoms with Crippen LogP contribution in [-0.4, -0.2) is 0 Å². The van der Waals surface area contributed by atoms with Crippen molar-refractivity contribution in [3.63, 3.8) is 0 Å². The van der Waals surface area contributed by atoms with Crippen molar-refractivity contribution in [3.8, 4) is 11.1 Å².